The van der Waals surface area contributed by atoms with Gasteiger partial charge in [-0.25, -0.2) is 9.59 Å². The number of rotatable bonds is 22. The number of nitrogen functional groups attached to an aromatic ring is 1. The number of hydrogen-bond acceptors (Lipinski definition) is 11. The number of carboxylic acid groups (broad SMARTS) is 1. The summed E-state index contributed by atoms with van der Waals surface area (Å²) >= 11 is 0. The van der Waals surface area contributed by atoms with Crippen molar-refractivity contribution in [1.82, 2.24) is 10.6 Å². The Morgan fingerprint density at radius 2 is 1.30 bits per heavy atom. The Balaban J connectivity index is 0.965. The lowest BCUT2D eigenvalue weighted by Crippen LogP contribution is -2.55. The van der Waals surface area contributed by atoms with Gasteiger partial charge in [0.2, 0.25) is 5.91 Å². The number of aryl methyl sites for hydroxylation is 2. The lowest BCUT2D eigenvalue weighted by atomic mass is 9.47. The monoisotopic (exact) mass is 1040 g/mol. The molecule has 0 aromatic heterocycles. The average molecular weight is 1050 g/mol. The third-order valence-corrected chi connectivity index (χ3v) is 18.4. The summed E-state index contributed by atoms with van der Waals surface area (Å²) in [5, 5.41) is 17.6. The number of urea groups is 1. The molecule has 16 heteroatoms. The maximum absolute atomic E-state index is 14.9. The van der Waals surface area contributed by atoms with E-state index in [4.69, 9.17) is 21.9 Å². The summed E-state index contributed by atoms with van der Waals surface area (Å²) in [4.78, 5) is 106. The van der Waals surface area contributed by atoms with Gasteiger partial charge in [0, 0.05) is 47.5 Å². The van der Waals surface area contributed by atoms with Crippen LogP contribution in [0.5, 0.6) is 0 Å². The van der Waals surface area contributed by atoms with Crippen LogP contribution in [0.2, 0.25) is 0 Å². The van der Waals surface area contributed by atoms with Gasteiger partial charge in [-0.05, 0) is 150 Å². The number of carboxylic acids is 1. The first-order valence-corrected chi connectivity index (χ1v) is 27.3. The fourth-order valence-electron chi connectivity index (χ4n) is 14.0. The van der Waals surface area contributed by atoms with E-state index >= 15 is 0 Å². The summed E-state index contributed by atoms with van der Waals surface area (Å²) in [6.45, 7) is 12.3. The zero-order valence-corrected chi connectivity index (χ0v) is 45.3. The highest BCUT2D eigenvalue weighted by atomic mass is 16.5. The molecule has 0 aliphatic heterocycles. The number of amides is 4. The minimum absolute atomic E-state index is 0.0139. The van der Waals surface area contributed by atoms with Crippen LogP contribution in [0.1, 0.15) is 158 Å². The standard InChI is InChI=1S/C60H80N6O10/c1-35(2)53(62)47(68)30-40(10-7-27-64-55(63)74)54(73)65-42-19-12-36(13-20-42)34-76-56(75)66-45(32-52(71)72)46(67)29-37-11-14-38-16-21-48-57(3,43(38)28-37)23-8-25-59(48,5)50(69)33-51(70)60(6)26-9-24-58(4)44-31-41(61)18-15-39(44)17-22-49(58)60/h11-15,18-20,28,31,35,40,45,48-49,53H,7-10,16-17,21-27,29-30,32-34,61-62H2,1-6H3,(H,65,73)(H,66,75)(H,71,72)(H3,63,64,74)/t40-,45+,48-,49-,53+,57-,58-,59+,60+/m1/s1. The molecule has 2 saturated carbocycles. The zero-order valence-electron chi connectivity index (χ0n) is 45.3. The van der Waals surface area contributed by atoms with E-state index in [9.17, 15) is 43.5 Å². The van der Waals surface area contributed by atoms with Crippen molar-refractivity contribution in [2.45, 2.75) is 174 Å². The van der Waals surface area contributed by atoms with Gasteiger partial charge in [-0.2, -0.15) is 0 Å². The number of hydrogen-bond donors (Lipinski definition) is 7. The molecule has 4 aliphatic carbocycles. The molecular formula is C60H80N6O10. The second-order valence-corrected chi connectivity index (χ2v) is 23.8. The number of carbonyl (C=O) groups excluding carboxylic acids is 7. The number of nitrogens with two attached hydrogens (primary N) is 3. The largest absolute Gasteiger partial charge is 0.481 e. The number of primary amides is 1. The first kappa shape index (κ1) is 57.3. The second-order valence-electron chi connectivity index (χ2n) is 23.8. The van der Waals surface area contributed by atoms with Crippen LogP contribution in [-0.2, 0) is 70.2 Å². The van der Waals surface area contributed by atoms with Crippen LogP contribution < -0.4 is 33.2 Å². The summed E-state index contributed by atoms with van der Waals surface area (Å²) in [6.07, 6.45) is 7.02. The molecule has 2 fully saturated rings. The first-order chi connectivity index (χ1) is 35.9. The molecule has 4 aliphatic rings. The van der Waals surface area contributed by atoms with Gasteiger partial charge >= 0.3 is 18.1 Å². The Labute approximate surface area is 447 Å². The maximum Gasteiger partial charge on any atom is 0.408 e. The molecule has 10 N–H and O–H groups in total. The summed E-state index contributed by atoms with van der Waals surface area (Å²) in [5.41, 5.74) is 22.7. The predicted molar refractivity (Wildman–Crippen MR) is 290 cm³/mol. The topological polar surface area (TPSA) is 280 Å². The highest BCUT2D eigenvalue weighted by Gasteiger charge is 2.58. The molecule has 4 amide bonds. The van der Waals surface area contributed by atoms with E-state index in [2.05, 4.69) is 55.8 Å². The molecule has 0 radical (unpaired) electrons. The van der Waals surface area contributed by atoms with E-state index in [1.54, 1.807) is 24.3 Å². The molecule has 3 aromatic carbocycles. The lowest BCUT2D eigenvalue weighted by molar-refractivity contribution is -0.146. The molecule has 0 saturated heterocycles. The van der Waals surface area contributed by atoms with E-state index < -0.39 is 70.5 Å². The van der Waals surface area contributed by atoms with Gasteiger partial charge in [-0.3, -0.25) is 28.8 Å². The molecule has 7 rings (SSSR count). The van der Waals surface area contributed by atoms with Gasteiger partial charge in [-0.15, -0.1) is 0 Å². The highest BCUT2D eigenvalue weighted by molar-refractivity contribution is 6.04. The van der Waals surface area contributed by atoms with Crippen molar-refractivity contribution in [1.29, 1.82) is 0 Å². The number of ketones is 4. The Morgan fingerprint density at radius 1 is 0.737 bits per heavy atom. The Kier molecular flexibility index (Phi) is 17.7. The first-order valence-electron chi connectivity index (χ1n) is 27.3. The van der Waals surface area contributed by atoms with E-state index in [-0.39, 0.29) is 72.9 Å². The van der Waals surface area contributed by atoms with Crippen molar-refractivity contribution in [3.63, 3.8) is 0 Å². The van der Waals surface area contributed by atoms with Gasteiger partial charge in [0.15, 0.2) is 11.6 Å². The molecule has 3 aromatic rings. The minimum atomic E-state index is -1.39. The number of benzene rings is 3. The van der Waals surface area contributed by atoms with Crippen molar-refractivity contribution >= 4 is 58.5 Å². The second kappa shape index (κ2) is 23.4. The van der Waals surface area contributed by atoms with Gasteiger partial charge in [-0.1, -0.05) is 90.8 Å². The minimum Gasteiger partial charge on any atom is -0.481 e. The number of fused-ring (bicyclic) bond motifs is 6. The summed E-state index contributed by atoms with van der Waals surface area (Å²) < 4.78 is 5.43. The van der Waals surface area contributed by atoms with Gasteiger partial charge in [0.1, 0.15) is 24.2 Å². The number of aliphatic carboxylic acids is 1. The number of carbonyl (C=O) groups is 8. The van der Waals surface area contributed by atoms with Crippen LogP contribution in [-0.4, -0.2) is 70.9 Å². The van der Waals surface area contributed by atoms with Crippen LogP contribution in [0.15, 0.2) is 60.7 Å². The van der Waals surface area contributed by atoms with Crippen LogP contribution >= 0.6 is 0 Å². The number of anilines is 2. The van der Waals surface area contributed by atoms with Crippen molar-refractivity contribution < 1.29 is 48.2 Å². The van der Waals surface area contributed by atoms with Crippen LogP contribution in [0.4, 0.5) is 21.0 Å². The molecule has 0 unspecified atom stereocenters. The molecule has 16 nitrogen and oxygen atoms in total. The van der Waals surface area contributed by atoms with Crippen molar-refractivity contribution in [2.75, 3.05) is 17.6 Å². The third kappa shape index (κ3) is 12.4. The molecule has 0 heterocycles. The summed E-state index contributed by atoms with van der Waals surface area (Å²) in [7, 11) is 0. The molecule has 9 atom stereocenters. The summed E-state index contributed by atoms with van der Waals surface area (Å²) in [5.74, 6) is -3.14. The third-order valence-electron chi connectivity index (χ3n) is 18.4. The lowest BCUT2D eigenvalue weighted by Gasteiger charge is -2.56. The van der Waals surface area contributed by atoms with Crippen LogP contribution in [0, 0.1) is 34.5 Å². The molecule has 0 bridgehead atoms. The van der Waals surface area contributed by atoms with Gasteiger partial charge in [0.25, 0.3) is 0 Å². The van der Waals surface area contributed by atoms with E-state index in [0.29, 0.717) is 36.1 Å². The van der Waals surface area contributed by atoms with E-state index in [1.165, 1.54) is 11.1 Å². The number of Topliss-reactive ketones (excluding diaryl/α,β-unsaturated/α-hetero) is 4. The SMILES string of the molecule is CC(C)[C@H](N)C(=O)C[C@@H](CCCNC(N)=O)C(=O)Nc1ccc(COC(=O)N[C@@H](CC(=O)O)C(=O)Cc2ccc3c(c2)[C@@]2(C)CCC[C@](C)(C(=O)CC(=O)[C@@]4(C)CCC[C@]5(C)c6cc(N)ccc6CC[C@@H]45)[C@@H]2CC3)cc1. The number of alkyl carbamates (subject to hydrolysis) is 1. The Hall–Kier alpha value is -6.42. The van der Waals surface area contributed by atoms with Crippen molar-refractivity contribution in [3.8, 4) is 0 Å². The van der Waals surface area contributed by atoms with E-state index in [0.717, 1.165) is 74.6 Å². The highest BCUT2D eigenvalue weighted by Crippen LogP contribution is 2.60. The predicted octanol–water partition coefficient (Wildman–Crippen LogP) is 8.34. The quantitative estimate of drug-likeness (QED) is 0.0284. The van der Waals surface area contributed by atoms with Gasteiger partial charge < -0.3 is 43.0 Å². The fourth-order valence-corrected chi connectivity index (χ4v) is 14.0. The normalized spacial score (nSPS) is 25.7. The van der Waals surface area contributed by atoms with Crippen LogP contribution in [0.3, 0.4) is 0 Å². The summed E-state index contributed by atoms with van der Waals surface area (Å²) in [6, 6.07) is 15.8. The molecule has 410 valence electrons. The number of nitrogens with one attached hydrogen (secondary N) is 3. The molecule has 0 spiro atoms. The molecular weight excluding hydrogens is 965 g/mol. The fraction of sp³-hybridized carbons (Fsp3) is 0.567. The Bertz CT molecular complexity index is 2720. The van der Waals surface area contributed by atoms with Crippen LogP contribution in [0.25, 0.3) is 0 Å². The average Bonchev–Trinajstić information content (AvgIpc) is 3.47. The smallest absolute Gasteiger partial charge is 0.408 e. The molecule has 76 heavy (non-hydrogen) atoms. The number of ether oxygens (including phenoxy) is 1. The zero-order chi connectivity index (χ0) is 55.3. The van der Waals surface area contributed by atoms with Gasteiger partial charge in [0.05, 0.1) is 18.9 Å². The van der Waals surface area contributed by atoms with E-state index in [1.807, 2.05) is 38.1 Å². The van der Waals surface area contributed by atoms with Crippen molar-refractivity contribution in [3.05, 3.63) is 94.0 Å². The van der Waals surface area contributed by atoms with Crippen molar-refractivity contribution in [2.24, 2.45) is 46.0 Å². The maximum atomic E-state index is 14.9. The Morgan fingerprint density at radius 3 is 1.87 bits per heavy atom.